The van der Waals surface area contributed by atoms with Gasteiger partial charge in [0.2, 0.25) is 0 Å². The zero-order valence-electron chi connectivity index (χ0n) is 16.8. The quantitative estimate of drug-likeness (QED) is 0.438. The van der Waals surface area contributed by atoms with E-state index in [4.69, 9.17) is 11.3 Å². The van der Waals surface area contributed by atoms with Gasteiger partial charge in [-0.2, -0.15) is 5.26 Å². The van der Waals surface area contributed by atoms with Crippen molar-refractivity contribution in [2.24, 2.45) is 0 Å². The Bertz CT molecular complexity index is 1690. The predicted octanol–water partition coefficient (Wildman–Crippen LogP) is 1.22. The van der Waals surface area contributed by atoms with Crippen molar-refractivity contribution in [3.05, 3.63) is 108 Å². The lowest BCUT2D eigenvalue weighted by Gasteiger charge is -2.24. The highest BCUT2D eigenvalue weighted by Gasteiger charge is 2.33. The number of hydrogen-bond donors (Lipinski definition) is 2. The number of fused-ring (bicyclic) bond motifs is 3. The van der Waals surface area contributed by atoms with Crippen molar-refractivity contribution in [3.8, 4) is 11.9 Å². The molecule has 10 heteroatoms. The number of thiazole rings is 1. The molecule has 33 heavy (non-hydrogen) atoms. The Morgan fingerprint density at radius 2 is 1.76 bits per heavy atom. The Labute approximate surface area is 188 Å². The van der Waals surface area contributed by atoms with Crippen LogP contribution in [0, 0.1) is 28.4 Å². The highest BCUT2D eigenvalue weighted by Crippen LogP contribution is 2.34. The summed E-state index contributed by atoms with van der Waals surface area (Å²) in [5, 5.41) is 18.6. The van der Waals surface area contributed by atoms with E-state index in [0.717, 1.165) is 16.0 Å². The van der Waals surface area contributed by atoms with Crippen LogP contribution in [-0.4, -0.2) is 14.2 Å². The molecule has 0 fully saturated rings. The van der Waals surface area contributed by atoms with Crippen molar-refractivity contribution in [1.29, 1.82) is 10.7 Å². The number of halogens is 2. The topological polar surface area (TPSA) is 113 Å². The van der Waals surface area contributed by atoms with Crippen molar-refractivity contribution in [2.75, 3.05) is 5.84 Å². The van der Waals surface area contributed by atoms with Gasteiger partial charge in [0.1, 0.15) is 22.6 Å². The summed E-state index contributed by atoms with van der Waals surface area (Å²) < 4.78 is 29.8. The van der Waals surface area contributed by atoms with Crippen molar-refractivity contribution in [2.45, 2.75) is 5.92 Å². The van der Waals surface area contributed by atoms with Gasteiger partial charge in [0.05, 0.1) is 27.7 Å². The minimum absolute atomic E-state index is 0.130. The van der Waals surface area contributed by atoms with E-state index in [9.17, 15) is 18.8 Å². The van der Waals surface area contributed by atoms with Crippen molar-refractivity contribution in [3.63, 3.8) is 0 Å². The summed E-state index contributed by atoms with van der Waals surface area (Å²) in [6, 6.07) is 13.4. The van der Waals surface area contributed by atoms with E-state index in [-0.39, 0.29) is 22.4 Å². The van der Waals surface area contributed by atoms with E-state index in [0.29, 0.717) is 20.3 Å². The molecule has 7 nitrogen and oxygen atoms in total. The van der Waals surface area contributed by atoms with Crippen LogP contribution in [0.5, 0.6) is 0 Å². The number of nitrogens with two attached hydrogens (primary N) is 1. The molecular formula is C23H14F2N6OS. The van der Waals surface area contributed by atoms with Gasteiger partial charge >= 0.3 is 0 Å². The maximum atomic E-state index is 13.6. The van der Waals surface area contributed by atoms with Crippen molar-refractivity contribution >= 4 is 23.0 Å². The molecular weight excluding hydrogens is 446 g/mol. The van der Waals surface area contributed by atoms with Crippen LogP contribution in [0.1, 0.15) is 22.6 Å². The number of nitrogens with one attached hydrogen (secondary N) is 1. The lowest BCUT2D eigenvalue weighted by Crippen LogP contribution is -2.41. The Morgan fingerprint density at radius 3 is 2.39 bits per heavy atom. The summed E-state index contributed by atoms with van der Waals surface area (Å²) in [6.45, 7) is 0. The van der Waals surface area contributed by atoms with E-state index < -0.39 is 23.1 Å². The molecule has 0 amide bonds. The summed E-state index contributed by atoms with van der Waals surface area (Å²) in [6.07, 6.45) is 2.82. The van der Waals surface area contributed by atoms with Gasteiger partial charge in [-0.1, -0.05) is 24.3 Å². The maximum Gasteiger partial charge on any atom is 0.274 e. The van der Waals surface area contributed by atoms with Crippen molar-refractivity contribution < 1.29 is 8.78 Å². The fraction of sp³-hybridized carbons (Fsp3) is 0.0435. The van der Waals surface area contributed by atoms with E-state index >= 15 is 0 Å². The second-order valence-electron chi connectivity index (χ2n) is 7.36. The minimum atomic E-state index is -0.765. The Morgan fingerprint density at radius 1 is 1.12 bits per heavy atom. The first-order valence-electron chi connectivity index (χ1n) is 9.69. The van der Waals surface area contributed by atoms with Crippen LogP contribution in [0.4, 0.5) is 8.78 Å². The molecule has 5 rings (SSSR count). The molecule has 4 aromatic rings. The highest BCUT2D eigenvalue weighted by atomic mass is 32.1. The Kier molecular flexibility index (Phi) is 4.76. The average Bonchev–Trinajstić information content (AvgIpc) is 3.13. The maximum absolute atomic E-state index is 13.6. The molecule has 0 aliphatic carbocycles. The van der Waals surface area contributed by atoms with Crippen molar-refractivity contribution in [1.82, 2.24) is 14.2 Å². The molecule has 2 aromatic heterocycles. The second kappa shape index (κ2) is 7.65. The largest absolute Gasteiger partial charge is 0.336 e. The van der Waals surface area contributed by atoms with Crippen LogP contribution in [0.25, 0.3) is 17.5 Å². The number of aromatic nitrogens is 3. The summed E-state index contributed by atoms with van der Waals surface area (Å²) in [5.74, 6) is 4.45. The molecule has 1 atom stereocenters. The van der Waals surface area contributed by atoms with Gasteiger partial charge in [-0.3, -0.25) is 10.2 Å². The number of nitrogens with zero attached hydrogens (tertiary/aromatic N) is 4. The first-order chi connectivity index (χ1) is 15.9. The second-order valence-corrected chi connectivity index (χ2v) is 8.39. The lowest BCUT2D eigenvalue weighted by atomic mass is 9.85. The van der Waals surface area contributed by atoms with E-state index in [2.05, 4.69) is 11.1 Å². The molecule has 0 spiro atoms. The van der Waals surface area contributed by atoms with Gasteiger partial charge in [0.15, 0.2) is 11.3 Å². The predicted molar refractivity (Wildman–Crippen MR) is 118 cm³/mol. The molecule has 0 saturated heterocycles. The number of rotatable bonds is 2. The van der Waals surface area contributed by atoms with Crippen LogP contribution in [-0.2, 0) is 0 Å². The third-order valence-corrected chi connectivity index (χ3v) is 6.50. The summed E-state index contributed by atoms with van der Waals surface area (Å²) in [5.41, 5.74) is 1.11. The van der Waals surface area contributed by atoms with Crippen LogP contribution in [0.2, 0.25) is 0 Å². The van der Waals surface area contributed by atoms with Crippen LogP contribution in [0.15, 0.2) is 59.7 Å². The van der Waals surface area contributed by atoms with Gasteiger partial charge in [-0.25, -0.2) is 23.0 Å². The minimum Gasteiger partial charge on any atom is -0.336 e. The summed E-state index contributed by atoms with van der Waals surface area (Å²) in [4.78, 5) is 17.7. The normalized spacial score (nSPS) is 15.1. The molecule has 0 radical (unpaired) electrons. The number of nitrogen functional groups attached to an aromatic ring is 1. The summed E-state index contributed by atoms with van der Waals surface area (Å²) >= 11 is 1.10. The molecule has 2 aromatic carbocycles. The highest BCUT2D eigenvalue weighted by molar-refractivity contribution is 7.07. The smallest absolute Gasteiger partial charge is 0.274 e. The van der Waals surface area contributed by atoms with Crippen LogP contribution < -0.4 is 26.1 Å². The standard InChI is InChI=1S/C23H14F2N6OS/c24-14-5-1-12(2-6-14)9-17-22(32)31-21-19(20(27)30(28)11-29-21)18(16(10-26)23(31)33-17)13-3-7-15(25)8-4-13/h1-9,11,18,27H,28H2/b17-9+,27-20?. The van der Waals surface area contributed by atoms with Crippen LogP contribution in [0.3, 0.4) is 0 Å². The molecule has 1 unspecified atom stereocenters. The molecule has 0 bridgehead atoms. The van der Waals surface area contributed by atoms with Crippen LogP contribution >= 0.6 is 11.3 Å². The fourth-order valence-corrected chi connectivity index (χ4v) is 4.98. The zero-order valence-corrected chi connectivity index (χ0v) is 17.6. The molecule has 3 heterocycles. The van der Waals surface area contributed by atoms with E-state index in [1.165, 1.54) is 47.3 Å². The third-order valence-electron chi connectivity index (χ3n) is 5.39. The molecule has 3 N–H and O–H groups in total. The summed E-state index contributed by atoms with van der Waals surface area (Å²) in [7, 11) is 0. The van der Waals surface area contributed by atoms with Gasteiger partial charge < -0.3 is 5.84 Å². The zero-order chi connectivity index (χ0) is 23.3. The number of hydrogen-bond acceptors (Lipinski definition) is 6. The van der Waals surface area contributed by atoms with E-state index in [1.54, 1.807) is 18.2 Å². The average molecular weight is 460 g/mol. The first kappa shape index (κ1) is 20.5. The fourth-order valence-electron chi connectivity index (χ4n) is 3.87. The monoisotopic (exact) mass is 460 g/mol. The molecule has 162 valence electrons. The molecule has 1 aliphatic heterocycles. The van der Waals surface area contributed by atoms with Gasteiger partial charge in [0.25, 0.3) is 5.56 Å². The lowest BCUT2D eigenvalue weighted by molar-refractivity contribution is 0.626. The molecule has 0 saturated carbocycles. The van der Waals surface area contributed by atoms with Gasteiger partial charge in [0, 0.05) is 0 Å². The first-order valence-corrected chi connectivity index (χ1v) is 10.5. The Balaban J connectivity index is 1.90. The number of nitriles is 1. The number of benzene rings is 2. The third kappa shape index (κ3) is 3.26. The van der Waals surface area contributed by atoms with E-state index in [1.807, 2.05) is 0 Å². The van der Waals surface area contributed by atoms with Gasteiger partial charge in [-0.05, 0) is 41.5 Å². The Hall–Kier alpha value is -4.36. The SMILES string of the molecule is N#CC1=c2s/c(=C/c3ccc(F)cc3)c(=O)n2-c2ncn(N)c(=N)c2C1c1ccc(F)cc1. The van der Waals surface area contributed by atoms with Gasteiger partial charge in [-0.15, -0.1) is 11.3 Å². The molecule has 1 aliphatic rings.